The van der Waals surface area contributed by atoms with Gasteiger partial charge in [0.2, 0.25) is 0 Å². The van der Waals surface area contributed by atoms with E-state index >= 15 is 0 Å². The smallest absolute Gasteiger partial charge is 0.261 e. The molecule has 9 heteroatoms. The third kappa shape index (κ3) is 2.59. The van der Waals surface area contributed by atoms with Gasteiger partial charge in [0.1, 0.15) is 0 Å². The molecule has 0 amide bonds. The molecule has 0 aromatic carbocycles. The molecule has 2 atom stereocenters. The summed E-state index contributed by atoms with van der Waals surface area (Å²) in [7, 11) is -0.0424. The number of fused-ring (bicyclic) bond motifs is 1. The molecule has 0 radical (unpaired) electrons. The fraction of sp³-hybridized carbons (Fsp3) is 0.750. The Morgan fingerprint density at radius 2 is 2.14 bits per heavy atom. The molecule has 0 bridgehead atoms. The Balaban J connectivity index is 1.87. The van der Waals surface area contributed by atoms with Crippen LogP contribution in [-0.4, -0.2) is 72.8 Å². The Morgan fingerprint density at radius 3 is 2.81 bits per heavy atom. The summed E-state index contributed by atoms with van der Waals surface area (Å²) in [4.78, 5) is 2.17. The van der Waals surface area contributed by atoms with Crippen LogP contribution in [-0.2, 0) is 21.8 Å². The first-order valence-corrected chi connectivity index (χ1v) is 8.72. The van der Waals surface area contributed by atoms with Gasteiger partial charge in [-0.2, -0.15) is 9.40 Å². The number of piperidine rings is 1. The zero-order chi connectivity index (χ0) is 15.2. The Hall–Kier alpha value is -0.670. The van der Waals surface area contributed by atoms with E-state index in [4.69, 9.17) is 16.3 Å². The number of morpholine rings is 1. The topological polar surface area (TPSA) is 67.7 Å². The molecule has 2 saturated heterocycles. The van der Waals surface area contributed by atoms with Crippen LogP contribution in [0.15, 0.2) is 11.2 Å². The highest BCUT2D eigenvalue weighted by Gasteiger charge is 2.41. The number of halogens is 1. The molecule has 7 nitrogen and oxygen atoms in total. The zero-order valence-corrected chi connectivity index (χ0v) is 13.6. The highest BCUT2D eigenvalue weighted by Crippen LogP contribution is 2.29. The quantitative estimate of drug-likeness (QED) is 0.771. The molecule has 118 valence electrons. The zero-order valence-electron chi connectivity index (χ0n) is 12.1. The maximum Gasteiger partial charge on any atom is 0.261 e. The predicted octanol–water partition coefficient (Wildman–Crippen LogP) is 0.167. The second-order valence-electron chi connectivity index (χ2n) is 5.53. The number of hydrogen-bond donors (Lipinski definition) is 0. The van der Waals surface area contributed by atoms with Crippen LogP contribution >= 0.6 is 11.6 Å². The molecule has 21 heavy (non-hydrogen) atoms. The maximum absolute atomic E-state index is 12.8. The fourth-order valence-electron chi connectivity index (χ4n) is 3.04. The Morgan fingerprint density at radius 1 is 1.38 bits per heavy atom. The number of aromatic nitrogens is 2. The molecule has 3 heterocycles. The lowest BCUT2D eigenvalue weighted by Crippen LogP contribution is -2.59. The van der Waals surface area contributed by atoms with Gasteiger partial charge in [0.25, 0.3) is 10.0 Å². The lowest BCUT2D eigenvalue weighted by molar-refractivity contribution is -0.0840. The van der Waals surface area contributed by atoms with Crippen molar-refractivity contribution in [3.63, 3.8) is 0 Å². The van der Waals surface area contributed by atoms with Gasteiger partial charge in [-0.3, -0.25) is 9.58 Å². The second kappa shape index (κ2) is 5.51. The summed E-state index contributed by atoms with van der Waals surface area (Å²) < 4.78 is 34.1. The lowest BCUT2D eigenvalue weighted by atomic mass is 10.0. The summed E-state index contributed by atoms with van der Waals surface area (Å²) >= 11 is 5.99. The summed E-state index contributed by atoms with van der Waals surface area (Å²) in [6.07, 6.45) is 2.16. The normalized spacial score (nSPS) is 28.5. The molecule has 0 unspecified atom stereocenters. The molecular weight excluding hydrogens is 316 g/mol. The van der Waals surface area contributed by atoms with E-state index in [1.807, 2.05) is 7.05 Å². The van der Waals surface area contributed by atoms with Crippen LogP contribution in [0.2, 0.25) is 5.02 Å². The average Bonchev–Trinajstić information content (AvgIpc) is 2.79. The van der Waals surface area contributed by atoms with Crippen LogP contribution in [0.3, 0.4) is 0 Å². The Labute approximate surface area is 129 Å². The van der Waals surface area contributed by atoms with Crippen molar-refractivity contribution in [2.45, 2.75) is 23.6 Å². The predicted molar refractivity (Wildman–Crippen MR) is 77.8 cm³/mol. The van der Waals surface area contributed by atoms with Crippen molar-refractivity contribution in [1.29, 1.82) is 0 Å². The molecular formula is C12H19ClN4O3S. The first kappa shape index (κ1) is 15.2. The molecule has 0 N–H and O–H groups in total. The third-order valence-electron chi connectivity index (χ3n) is 4.25. The molecule has 2 fully saturated rings. The lowest BCUT2D eigenvalue weighted by Gasteiger charge is -2.45. The van der Waals surface area contributed by atoms with Gasteiger partial charge < -0.3 is 4.74 Å². The van der Waals surface area contributed by atoms with Crippen LogP contribution in [0.4, 0.5) is 0 Å². The Bertz CT molecular complexity index is 613. The van der Waals surface area contributed by atoms with Crippen molar-refractivity contribution in [3.8, 4) is 0 Å². The minimum Gasteiger partial charge on any atom is -0.375 e. The van der Waals surface area contributed by atoms with Crippen LogP contribution in [0.25, 0.3) is 0 Å². The minimum atomic E-state index is -3.63. The van der Waals surface area contributed by atoms with Crippen molar-refractivity contribution in [2.24, 2.45) is 7.05 Å². The third-order valence-corrected chi connectivity index (χ3v) is 6.62. The summed E-state index contributed by atoms with van der Waals surface area (Å²) in [5.41, 5.74) is 0. The van der Waals surface area contributed by atoms with Gasteiger partial charge in [0.15, 0.2) is 5.03 Å². The van der Waals surface area contributed by atoms with Gasteiger partial charge in [0, 0.05) is 32.7 Å². The van der Waals surface area contributed by atoms with Gasteiger partial charge >= 0.3 is 0 Å². The highest BCUT2D eigenvalue weighted by molar-refractivity contribution is 7.89. The number of nitrogens with zero attached hydrogens (tertiary/aromatic N) is 4. The molecule has 1 aromatic heterocycles. The molecule has 0 saturated carbocycles. The van der Waals surface area contributed by atoms with Gasteiger partial charge in [-0.25, -0.2) is 8.42 Å². The summed E-state index contributed by atoms with van der Waals surface area (Å²) in [5.74, 6) is 0. The molecule has 0 spiro atoms. The number of ether oxygens (including phenoxy) is 1. The van der Waals surface area contributed by atoms with E-state index < -0.39 is 10.0 Å². The van der Waals surface area contributed by atoms with E-state index in [9.17, 15) is 8.42 Å². The van der Waals surface area contributed by atoms with Crippen LogP contribution in [0, 0.1) is 0 Å². The standard InChI is InChI=1S/C12H19ClN4O3S/c1-15-5-6-20-11-3-4-17(8-10(11)15)21(18,19)12-9(13)7-14-16(12)2/h7,10-11H,3-6,8H2,1-2H3/t10-,11+/m1/s1. The molecule has 2 aliphatic rings. The van der Waals surface area contributed by atoms with E-state index in [1.54, 1.807) is 7.05 Å². The first-order chi connectivity index (χ1) is 9.91. The molecule has 2 aliphatic heterocycles. The van der Waals surface area contributed by atoms with Crippen molar-refractivity contribution in [2.75, 3.05) is 33.3 Å². The second-order valence-corrected chi connectivity index (χ2v) is 7.79. The van der Waals surface area contributed by atoms with Crippen molar-refractivity contribution in [3.05, 3.63) is 11.2 Å². The van der Waals surface area contributed by atoms with E-state index in [1.165, 1.54) is 15.2 Å². The Kier molecular flexibility index (Phi) is 4.00. The number of likely N-dealkylation sites (N-methyl/N-ethyl adjacent to an activating group) is 1. The van der Waals surface area contributed by atoms with Crippen LogP contribution < -0.4 is 0 Å². The summed E-state index contributed by atoms with van der Waals surface area (Å²) in [5, 5.41) is 4.13. The molecule has 1 aromatic rings. The minimum absolute atomic E-state index is 0.0574. The summed E-state index contributed by atoms with van der Waals surface area (Å²) in [6, 6.07) is 0.0919. The monoisotopic (exact) mass is 334 g/mol. The van der Waals surface area contributed by atoms with E-state index in [0.29, 0.717) is 26.1 Å². The SMILES string of the molecule is CN1CCO[C@H]2CCN(S(=O)(=O)c3c(Cl)cnn3C)C[C@H]21. The highest BCUT2D eigenvalue weighted by atomic mass is 35.5. The molecule has 3 rings (SSSR count). The van der Waals surface area contributed by atoms with E-state index in [0.717, 1.165) is 6.54 Å². The maximum atomic E-state index is 12.8. The number of hydrogen-bond acceptors (Lipinski definition) is 5. The van der Waals surface area contributed by atoms with E-state index in [-0.39, 0.29) is 22.2 Å². The van der Waals surface area contributed by atoms with Crippen molar-refractivity contribution < 1.29 is 13.2 Å². The average molecular weight is 335 g/mol. The largest absolute Gasteiger partial charge is 0.375 e. The number of rotatable bonds is 2. The van der Waals surface area contributed by atoms with Gasteiger partial charge in [-0.15, -0.1) is 0 Å². The van der Waals surface area contributed by atoms with Crippen molar-refractivity contribution >= 4 is 21.6 Å². The van der Waals surface area contributed by atoms with Crippen LogP contribution in [0.1, 0.15) is 6.42 Å². The van der Waals surface area contributed by atoms with E-state index in [2.05, 4.69) is 10.00 Å². The van der Waals surface area contributed by atoms with Gasteiger partial charge in [-0.05, 0) is 13.5 Å². The summed E-state index contributed by atoms with van der Waals surface area (Å²) in [6.45, 7) is 2.39. The van der Waals surface area contributed by atoms with Crippen molar-refractivity contribution in [1.82, 2.24) is 19.0 Å². The fourth-order valence-corrected chi connectivity index (χ4v) is 5.12. The first-order valence-electron chi connectivity index (χ1n) is 6.91. The van der Waals surface area contributed by atoms with Gasteiger partial charge in [-0.1, -0.05) is 11.6 Å². The molecule has 0 aliphatic carbocycles. The van der Waals surface area contributed by atoms with Crippen LogP contribution in [0.5, 0.6) is 0 Å². The number of sulfonamides is 1. The van der Waals surface area contributed by atoms with Gasteiger partial charge in [0.05, 0.1) is 23.9 Å². The number of aryl methyl sites for hydroxylation is 1.